The maximum atomic E-state index is 12.5. The quantitative estimate of drug-likeness (QED) is 0.512. The molecule has 30 heavy (non-hydrogen) atoms. The number of methoxy groups -OCH3 is 1. The lowest BCUT2D eigenvalue weighted by Crippen LogP contribution is -2.23. The molecule has 150 valence electrons. The van der Waals surface area contributed by atoms with Crippen molar-refractivity contribution in [3.63, 3.8) is 0 Å². The van der Waals surface area contributed by atoms with Gasteiger partial charge in [-0.25, -0.2) is 4.98 Å². The van der Waals surface area contributed by atoms with Crippen molar-refractivity contribution in [3.05, 3.63) is 102 Å². The zero-order valence-corrected chi connectivity index (χ0v) is 16.7. The van der Waals surface area contributed by atoms with Crippen molar-refractivity contribution >= 4 is 5.91 Å². The molecule has 1 N–H and O–H groups in total. The largest absolute Gasteiger partial charge is 0.481 e. The predicted molar refractivity (Wildman–Crippen MR) is 115 cm³/mol. The third-order valence-electron chi connectivity index (χ3n) is 4.83. The van der Waals surface area contributed by atoms with E-state index in [0.717, 1.165) is 23.2 Å². The third-order valence-corrected chi connectivity index (χ3v) is 4.83. The molecule has 0 spiro atoms. The van der Waals surface area contributed by atoms with E-state index in [1.54, 1.807) is 25.4 Å². The second kappa shape index (κ2) is 9.05. The number of nitrogens with zero attached hydrogens (tertiary/aromatic N) is 3. The Bertz CT molecular complexity index is 1100. The number of benzene rings is 2. The number of carbonyl (C=O) groups excluding carboxylic acids is 1. The first-order valence-corrected chi connectivity index (χ1v) is 9.66. The van der Waals surface area contributed by atoms with Crippen molar-refractivity contribution in [3.8, 4) is 17.0 Å². The van der Waals surface area contributed by atoms with Crippen LogP contribution in [0.15, 0.2) is 85.3 Å². The van der Waals surface area contributed by atoms with Gasteiger partial charge < -0.3 is 10.1 Å². The molecular weight excluding hydrogens is 376 g/mol. The first kappa shape index (κ1) is 19.4. The molecule has 4 rings (SSSR count). The van der Waals surface area contributed by atoms with Crippen molar-refractivity contribution < 1.29 is 9.53 Å². The van der Waals surface area contributed by atoms with Gasteiger partial charge in [0.25, 0.3) is 5.91 Å². The van der Waals surface area contributed by atoms with E-state index in [0.29, 0.717) is 18.0 Å². The van der Waals surface area contributed by atoms with Gasteiger partial charge in [0.05, 0.1) is 19.2 Å². The van der Waals surface area contributed by atoms with Gasteiger partial charge in [0.1, 0.15) is 0 Å². The zero-order valence-electron chi connectivity index (χ0n) is 16.7. The maximum absolute atomic E-state index is 12.5. The molecule has 0 fully saturated rings. The Labute approximate surface area is 175 Å². The van der Waals surface area contributed by atoms with E-state index >= 15 is 0 Å². The lowest BCUT2D eigenvalue weighted by molar-refractivity contribution is 0.0950. The van der Waals surface area contributed by atoms with Gasteiger partial charge in [-0.2, -0.15) is 5.10 Å². The molecule has 0 atom stereocenters. The fraction of sp³-hybridized carbons (Fsp3) is 0.125. The standard InChI is InChI=1S/C24H22N4O2/c1-30-23-12-11-21(16-25-23)24(29)26-15-20-5-2-3-6-22(20)19-9-7-18(8-10-19)17-28-14-4-13-27-28/h2-14,16H,15,17H2,1H3,(H,26,29). The van der Waals surface area contributed by atoms with Crippen LogP contribution in [0.5, 0.6) is 5.88 Å². The van der Waals surface area contributed by atoms with Crippen LogP contribution < -0.4 is 10.1 Å². The Balaban J connectivity index is 1.46. The van der Waals surface area contributed by atoms with E-state index < -0.39 is 0 Å². The second-order valence-corrected chi connectivity index (χ2v) is 6.83. The molecule has 0 saturated heterocycles. The third kappa shape index (κ3) is 4.55. The number of carbonyl (C=O) groups is 1. The van der Waals surface area contributed by atoms with Crippen LogP contribution in [0.3, 0.4) is 0 Å². The summed E-state index contributed by atoms with van der Waals surface area (Å²) in [5, 5.41) is 7.22. The van der Waals surface area contributed by atoms with Crippen molar-refractivity contribution in [2.24, 2.45) is 0 Å². The number of hydrogen-bond acceptors (Lipinski definition) is 4. The monoisotopic (exact) mass is 398 g/mol. The summed E-state index contributed by atoms with van der Waals surface area (Å²) in [4.78, 5) is 16.5. The van der Waals surface area contributed by atoms with E-state index in [1.807, 2.05) is 35.1 Å². The SMILES string of the molecule is COc1ccc(C(=O)NCc2ccccc2-c2ccc(Cn3cccn3)cc2)cn1. The highest BCUT2D eigenvalue weighted by Gasteiger charge is 2.09. The summed E-state index contributed by atoms with van der Waals surface area (Å²) in [5.74, 6) is 0.308. The van der Waals surface area contributed by atoms with E-state index in [-0.39, 0.29) is 5.91 Å². The normalized spacial score (nSPS) is 10.6. The number of pyridine rings is 1. The fourth-order valence-electron chi connectivity index (χ4n) is 3.24. The Hall–Kier alpha value is -3.93. The number of aromatic nitrogens is 3. The van der Waals surface area contributed by atoms with Gasteiger partial charge in [0, 0.05) is 31.2 Å². The van der Waals surface area contributed by atoms with Gasteiger partial charge in [-0.05, 0) is 34.4 Å². The molecule has 0 saturated carbocycles. The van der Waals surface area contributed by atoms with Crippen molar-refractivity contribution in [1.82, 2.24) is 20.1 Å². The molecule has 0 aliphatic rings. The smallest absolute Gasteiger partial charge is 0.253 e. The van der Waals surface area contributed by atoms with Gasteiger partial charge >= 0.3 is 0 Å². The molecular formula is C24H22N4O2. The van der Waals surface area contributed by atoms with Crippen LogP contribution in [0.1, 0.15) is 21.5 Å². The van der Waals surface area contributed by atoms with Crippen LogP contribution in [0.2, 0.25) is 0 Å². The van der Waals surface area contributed by atoms with Crippen molar-refractivity contribution in [2.45, 2.75) is 13.1 Å². The number of hydrogen-bond donors (Lipinski definition) is 1. The molecule has 0 bridgehead atoms. The first-order valence-electron chi connectivity index (χ1n) is 9.66. The number of rotatable bonds is 7. The lowest BCUT2D eigenvalue weighted by Gasteiger charge is -2.12. The highest BCUT2D eigenvalue weighted by atomic mass is 16.5. The van der Waals surface area contributed by atoms with Crippen LogP contribution in [0, 0.1) is 0 Å². The van der Waals surface area contributed by atoms with Crippen LogP contribution in [0.25, 0.3) is 11.1 Å². The average molecular weight is 398 g/mol. The second-order valence-electron chi connectivity index (χ2n) is 6.83. The summed E-state index contributed by atoms with van der Waals surface area (Å²) in [6, 6.07) is 21.8. The molecule has 6 nitrogen and oxygen atoms in total. The summed E-state index contributed by atoms with van der Waals surface area (Å²) >= 11 is 0. The minimum absolute atomic E-state index is 0.172. The molecule has 0 aliphatic carbocycles. The topological polar surface area (TPSA) is 69.0 Å². The Morgan fingerprint density at radius 3 is 2.57 bits per heavy atom. The Morgan fingerprint density at radius 2 is 1.87 bits per heavy atom. The molecule has 1 amide bonds. The van der Waals surface area contributed by atoms with Gasteiger partial charge in [0.15, 0.2) is 0 Å². The summed E-state index contributed by atoms with van der Waals surface area (Å²) in [7, 11) is 1.54. The molecule has 2 aromatic heterocycles. The fourth-order valence-corrected chi connectivity index (χ4v) is 3.24. The molecule has 0 radical (unpaired) electrons. The average Bonchev–Trinajstić information content (AvgIpc) is 3.31. The Morgan fingerprint density at radius 1 is 1.03 bits per heavy atom. The molecule has 2 aromatic carbocycles. The van der Waals surface area contributed by atoms with E-state index in [2.05, 4.69) is 45.7 Å². The van der Waals surface area contributed by atoms with Crippen molar-refractivity contribution in [2.75, 3.05) is 7.11 Å². The predicted octanol–water partition coefficient (Wildman–Crippen LogP) is 3.93. The van der Waals surface area contributed by atoms with Gasteiger partial charge in [-0.15, -0.1) is 0 Å². The van der Waals surface area contributed by atoms with Crippen molar-refractivity contribution in [1.29, 1.82) is 0 Å². The van der Waals surface area contributed by atoms with E-state index in [9.17, 15) is 4.79 Å². The number of nitrogens with one attached hydrogen (secondary N) is 1. The summed E-state index contributed by atoms with van der Waals surface area (Å²) in [5.41, 5.74) is 4.93. The Kier molecular flexibility index (Phi) is 5.85. The minimum Gasteiger partial charge on any atom is -0.481 e. The van der Waals surface area contributed by atoms with Crippen LogP contribution in [-0.2, 0) is 13.1 Å². The minimum atomic E-state index is -0.172. The van der Waals surface area contributed by atoms with Gasteiger partial charge in [0.2, 0.25) is 5.88 Å². The van der Waals surface area contributed by atoms with Crippen LogP contribution in [0.4, 0.5) is 0 Å². The molecule has 6 heteroatoms. The van der Waals surface area contributed by atoms with Crippen LogP contribution in [-0.4, -0.2) is 27.8 Å². The zero-order chi connectivity index (χ0) is 20.8. The molecule has 0 unspecified atom stereocenters. The van der Waals surface area contributed by atoms with E-state index in [1.165, 1.54) is 11.8 Å². The number of ether oxygens (including phenoxy) is 1. The lowest BCUT2D eigenvalue weighted by atomic mass is 9.98. The molecule has 0 aliphatic heterocycles. The first-order chi connectivity index (χ1) is 14.7. The van der Waals surface area contributed by atoms with Gasteiger partial charge in [-0.1, -0.05) is 48.5 Å². The highest BCUT2D eigenvalue weighted by Crippen LogP contribution is 2.24. The van der Waals surface area contributed by atoms with E-state index in [4.69, 9.17) is 4.74 Å². The van der Waals surface area contributed by atoms with Crippen LogP contribution >= 0.6 is 0 Å². The summed E-state index contributed by atoms with van der Waals surface area (Å²) < 4.78 is 6.93. The summed E-state index contributed by atoms with van der Waals surface area (Å²) in [6.07, 6.45) is 5.24. The highest BCUT2D eigenvalue weighted by molar-refractivity contribution is 5.94. The maximum Gasteiger partial charge on any atom is 0.253 e. The molecule has 2 heterocycles. The molecule has 4 aromatic rings. The van der Waals surface area contributed by atoms with Gasteiger partial charge in [-0.3, -0.25) is 9.48 Å². The number of amides is 1. The summed E-state index contributed by atoms with van der Waals surface area (Å²) in [6.45, 7) is 1.16.